The van der Waals surface area contributed by atoms with Crippen LogP contribution in [0.15, 0.2) is 224 Å². The summed E-state index contributed by atoms with van der Waals surface area (Å²) in [6.07, 6.45) is 0. The first-order chi connectivity index (χ1) is 35.4. The summed E-state index contributed by atoms with van der Waals surface area (Å²) in [5.41, 5.74) is 23.9. The van der Waals surface area contributed by atoms with Gasteiger partial charge in [0.15, 0.2) is 0 Å². The molecule has 3 heteroatoms. The van der Waals surface area contributed by atoms with Crippen molar-refractivity contribution in [1.29, 1.82) is 0 Å². The number of rotatable bonds is 5. The summed E-state index contributed by atoms with van der Waals surface area (Å²) in [4.78, 5) is 2.53. The van der Waals surface area contributed by atoms with Gasteiger partial charge in [0.2, 0.25) is 0 Å². The normalized spacial score (nSPS) is 15.6. The second-order valence-corrected chi connectivity index (χ2v) is 21.9. The molecule has 0 saturated heterocycles. The van der Waals surface area contributed by atoms with Gasteiger partial charge in [-0.1, -0.05) is 184 Å². The average molecular weight is 935 g/mol. The number of thiophene rings is 1. The predicted octanol–water partition coefficient (Wildman–Crippen LogP) is 19.1. The highest BCUT2D eigenvalue weighted by Crippen LogP contribution is 2.62. The van der Waals surface area contributed by atoms with Gasteiger partial charge in [0.05, 0.1) is 27.1 Å². The molecule has 2 aromatic heterocycles. The fraction of sp³-hybridized carbons (Fsp3) is 0.0725. The Hall–Kier alpha value is -8.50. The average Bonchev–Trinajstić information content (AvgIpc) is 4.10. The quantitative estimate of drug-likeness (QED) is 0.167. The standard InChI is InChI=1S/C69H46N2S/c1-68(2)55-28-11-7-21-47(55)48-37-35-44(39-57(48)68)70(61-32-17-27-52-50-23-10-14-33-62(50)72-67(52)61)43-34-36-45-41(38-43)18-15-25-46(45)54-40-58-65-64-51(26-16-29-56(64)69(58,3)42-19-5-4-6-20-42)49-22-8-12-30-59(49)71-60-31-13-9-24-53(60)63(54)66(65)71/h4-40H,1-3H3. The first-order valence-electron chi connectivity index (χ1n) is 25.3. The van der Waals surface area contributed by atoms with Crippen LogP contribution in [-0.4, -0.2) is 4.57 Å². The zero-order valence-electron chi connectivity index (χ0n) is 40.2. The van der Waals surface area contributed by atoms with Crippen LogP contribution in [0, 0.1) is 0 Å². The van der Waals surface area contributed by atoms with Crippen molar-refractivity contribution in [2.45, 2.75) is 31.6 Å². The molecule has 1 aliphatic heterocycles. The van der Waals surface area contributed by atoms with Crippen molar-refractivity contribution in [1.82, 2.24) is 4.57 Å². The van der Waals surface area contributed by atoms with Crippen molar-refractivity contribution in [3.63, 3.8) is 0 Å². The fourth-order valence-electron chi connectivity index (χ4n) is 13.7. The number of hydrogen-bond acceptors (Lipinski definition) is 2. The molecule has 338 valence electrons. The Bertz CT molecular complexity index is 4510. The van der Waals surface area contributed by atoms with Crippen LogP contribution in [0.3, 0.4) is 0 Å². The number of nitrogens with zero attached hydrogens (tertiary/aromatic N) is 2. The van der Waals surface area contributed by atoms with E-state index in [9.17, 15) is 0 Å². The smallest absolute Gasteiger partial charge is 0.0640 e. The van der Waals surface area contributed by atoms with E-state index in [1.807, 2.05) is 11.3 Å². The topological polar surface area (TPSA) is 8.17 Å². The van der Waals surface area contributed by atoms with Crippen LogP contribution in [0.25, 0.3) is 103 Å². The lowest BCUT2D eigenvalue weighted by Gasteiger charge is -2.30. The molecule has 11 aromatic carbocycles. The SMILES string of the molecule is CC1(C)c2ccccc2-c2ccc(N(c3ccc4c(-c5cc6c7c8c5c5ccccc5n8-c5ccccc5-c5cccc(c5-7)C6(C)c5ccccc5)cccc4c3)c3cccc4c3sc3ccccc34)cc21. The summed E-state index contributed by atoms with van der Waals surface area (Å²) in [6.45, 7) is 7.23. The summed E-state index contributed by atoms with van der Waals surface area (Å²) in [5.74, 6) is 0. The summed E-state index contributed by atoms with van der Waals surface area (Å²) >= 11 is 1.89. The lowest BCUT2D eigenvalue weighted by molar-refractivity contribution is 0.660. The van der Waals surface area contributed by atoms with Crippen LogP contribution >= 0.6 is 11.3 Å². The third kappa shape index (κ3) is 5.13. The minimum atomic E-state index is -0.393. The van der Waals surface area contributed by atoms with Crippen molar-refractivity contribution >= 4 is 81.1 Å². The van der Waals surface area contributed by atoms with Crippen molar-refractivity contribution in [2.75, 3.05) is 4.90 Å². The molecule has 3 heterocycles. The van der Waals surface area contributed by atoms with Crippen molar-refractivity contribution in [3.05, 3.63) is 252 Å². The number of aromatic nitrogens is 1. The number of anilines is 3. The van der Waals surface area contributed by atoms with Gasteiger partial charge in [-0.2, -0.15) is 0 Å². The van der Waals surface area contributed by atoms with E-state index in [1.54, 1.807) is 0 Å². The van der Waals surface area contributed by atoms with Crippen LogP contribution < -0.4 is 4.90 Å². The highest BCUT2D eigenvalue weighted by Gasteiger charge is 2.46. The Morgan fingerprint density at radius 2 is 1.08 bits per heavy atom. The summed E-state index contributed by atoms with van der Waals surface area (Å²) in [7, 11) is 0. The maximum atomic E-state index is 2.59. The Kier molecular flexibility index (Phi) is 8.00. The molecular formula is C69H46N2S. The van der Waals surface area contributed by atoms with Crippen LogP contribution in [0.1, 0.15) is 48.6 Å². The lowest BCUT2D eigenvalue weighted by Crippen LogP contribution is -2.22. The van der Waals surface area contributed by atoms with Crippen molar-refractivity contribution in [2.24, 2.45) is 0 Å². The van der Waals surface area contributed by atoms with Gasteiger partial charge in [-0.15, -0.1) is 11.3 Å². The molecule has 1 atom stereocenters. The fourth-order valence-corrected chi connectivity index (χ4v) is 14.9. The molecule has 2 aliphatic carbocycles. The molecule has 0 N–H and O–H groups in total. The highest BCUT2D eigenvalue weighted by molar-refractivity contribution is 7.26. The van der Waals surface area contributed by atoms with Gasteiger partial charge in [0.25, 0.3) is 0 Å². The van der Waals surface area contributed by atoms with Crippen molar-refractivity contribution in [3.8, 4) is 50.2 Å². The van der Waals surface area contributed by atoms with Gasteiger partial charge in [-0.05, 0) is 133 Å². The second-order valence-electron chi connectivity index (χ2n) is 20.9. The van der Waals surface area contributed by atoms with E-state index in [-0.39, 0.29) is 5.41 Å². The van der Waals surface area contributed by atoms with E-state index in [1.165, 1.54) is 136 Å². The number of hydrogen-bond donors (Lipinski definition) is 0. The summed E-state index contributed by atoms with van der Waals surface area (Å²) in [5, 5.41) is 7.60. The van der Waals surface area contributed by atoms with E-state index in [4.69, 9.17) is 0 Å². The monoisotopic (exact) mass is 934 g/mol. The van der Waals surface area contributed by atoms with Crippen LogP contribution in [0.5, 0.6) is 0 Å². The molecule has 3 aliphatic rings. The van der Waals surface area contributed by atoms with Crippen molar-refractivity contribution < 1.29 is 0 Å². The predicted molar refractivity (Wildman–Crippen MR) is 305 cm³/mol. The van der Waals surface area contributed by atoms with E-state index in [0.717, 1.165) is 11.4 Å². The van der Waals surface area contributed by atoms with E-state index >= 15 is 0 Å². The number of fused-ring (bicyclic) bond motifs is 13. The van der Waals surface area contributed by atoms with Gasteiger partial charge >= 0.3 is 0 Å². The molecule has 0 amide bonds. The Morgan fingerprint density at radius 3 is 1.99 bits per heavy atom. The zero-order valence-corrected chi connectivity index (χ0v) is 41.0. The van der Waals surface area contributed by atoms with E-state index in [2.05, 4.69) is 255 Å². The van der Waals surface area contributed by atoms with E-state index in [0.29, 0.717) is 0 Å². The molecule has 13 aromatic rings. The highest BCUT2D eigenvalue weighted by atomic mass is 32.1. The van der Waals surface area contributed by atoms with Gasteiger partial charge in [-0.3, -0.25) is 0 Å². The largest absolute Gasteiger partial charge is 0.309 e. The first-order valence-corrected chi connectivity index (χ1v) is 26.1. The van der Waals surface area contributed by atoms with Crippen LogP contribution in [0.4, 0.5) is 17.1 Å². The zero-order chi connectivity index (χ0) is 47.6. The molecule has 2 nitrogen and oxygen atoms in total. The molecular weight excluding hydrogens is 889 g/mol. The second kappa shape index (κ2) is 14.3. The molecule has 0 spiro atoms. The first kappa shape index (κ1) is 40.3. The Balaban J connectivity index is 0.967. The molecule has 16 rings (SSSR count). The number of para-hydroxylation sites is 2. The molecule has 0 radical (unpaired) electrons. The Labute approximate surface area is 422 Å². The minimum Gasteiger partial charge on any atom is -0.309 e. The third-order valence-corrected chi connectivity index (χ3v) is 18.2. The molecule has 0 saturated carbocycles. The van der Waals surface area contributed by atoms with Gasteiger partial charge in [0.1, 0.15) is 0 Å². The van der Waals surface area contributed by atoms with Crippen LogP contribution in [-0.2, 0) is 10.8 Å². The Morgan fingerprint density at radius 1 is 0.417 bits per heavy atom. The maximum absolute atomic E-state index is 2.59. The van der Waals surface area contributed by atoms with Gasteiger partial charge in [0, 0.05) is 59.6 Å². The lowest BCUT2D eigenvalue weighted by atomic mass is 9.73. The molecule has 1 unspecified atom stereocenters. The molecule has 0 fully saturated rings. The number of benzene rings is 11. The summed E-state index contributed by atoms with van der Waals surface area (Å²) < 4.78 is 5.18. The maximum Gasteiger partial charge on any atom is 0.0640 e. The third-order valence-electron chi connectivity index (χ3n) is 17.0. The van der Waals surface area contributed by atoms with Gasteiger partial charge < -0.3 is 9.47 Å². The molecule has 72 heavy (non-hydrogen) atoms. The van der Waals surface area contributed by atoms with E-state index < -0.39 is 5.41 Å². The van der Waals surface area contributed by atoms with Crippen LogP contribution in [0.2, 0.25) is 0 Å². The van der Waals surface area contributed by atoms with Gasteiger partial charge in [-0.25, -0.2) is 0 Å². The summed E-state index contributed by atoms with van der Waals surface area (Å²) in [6, 6.07) is 85.0. The minimum absolute atomic E-state index is 0.138. The molecule has 0 bridgehead atoms.